The van der Waals surface area contributed by atoms with Crippen molar-refractivity contribution in [3.05, 3.63) is 206 Å². The van der Waals surface area contributed by atoms with E-state index in [4.69, 9.17) is 4.74 Å². The van der Waals surface area contributed by atoms with Crippen molar-refractivity contribution in [2.24, 2.45) is 0 Å². The van der Waals surface area contributed by atoms with Gasteiger partial charge in [-0.1, -0.05) is 152 Å². The Balaban J connectivity index is 0.977. The number of aromatic nitrogens is 1. The highest BCUT2D eigenvalue weighted by Crippen LogP contribution is 2.49. The van der Waals surface area contributed by atoms with Gasteiger partial charge >= 0.3 is 0 Å². The molecular formula is C54H34N2OS. The predicted molar refractivity (Wildman–Crippen MR) is 245 cm³/mol. The Morgan fingerprint density at radius 3 is 1.72 bits per heavy atom. The van der Waals surface area contributed by atoms with Gasteiger partial charge in [0.05, 0.1) is 27.1 Å². The highest BCUT2D eigenvalue weighted by atomic mass is 32.1. The standard InChI is InChI=1S/C54H34N2OS/c1-3-12-35(13-4-1)36-24-29-40(30-25-36)55(49-22-10-20-46-45-19-9-17-42(53(45)58-54(46)49)38-14-5-2-6-15-38)41-31-26-37(27-32-41)39-28-33-48-51(34-39)57-50-23-11-18-44-43-16-7-8-21-47(43)56(48)52(44)50/h1-34H. The lowest BCUT2D eigenvalue weighted by Crippen LogP contribution is -2.10. The predicted octanol–water partition coefficient (Wildman–Crippen LogP) is 15.7. The highest BCUT2D eigenvalue weighted by Gasteiger charge is 2.24. The molecule has 0 saturated heterocycles. The van der Waals surface area contributed by atoms with Crippen molar-refractivity contribution in [2.75, 3.05) is 4.90 Å². The smallest absolute Gasteiger partial charge is 0.152 e. The number of rotatable bonds is 6. The molecule has 12 rings (SSSR count). The van der Waals surface area contributed by atoms with Crippen LogP contribution in [0.25, 0.3) is 81.0 Å². The Morgan fingerprint density at radius 1 is 0.397 bits per heavy atom. The summed E-state index contributed by atoms with van der Waals surface area (Å²) >= 11 is 1.88. The summed E-state index contributed by atoms with van der Waals surface area (Å²) in [5.74, 6) is 1.74. The van der Waals surface area contributed by atoms with Gasteiger partial charge in [0.15, 0.2) is 11.5 Å². The molecule has 9 aromatic carbocycles. The minimum absolute atomic E-state index is 0.856. The topological polar surface area (TPSA) is 17.4 Å². The van der Waals surface area contributed by atoms with Crippen molar-refractivity contribution in [1.82, 2.24) is 4.57 Å². The quantitative estimate of drug-likeness (QED) is 0.168. The Morgan fingerprint density at radius 2 is 0.966 bits per heavy atom. The molecule has 0 N–H and O–H groups in total. The maximum Gasteiger partial charge on any atom is 0.152 e. The minimum atomic E-state index is 0.856. The van der Waals surface area contributed by atoms with Crippen LogP contribution >= 0.6 is 11.3 Å². The number of nitrogens with zero attached hydrogens (tertiary/aromatic N) is 2. The summed E-state index contributed by atoms with van der Waals surface area (Å²) in [5, 5.41) is 4.99. The Kier molecular flexibility index (Phi) is 7.40. The van der Waals surface area contributed by atoms with Crippen LogP contribution in [0, 0.1) is 0 Å². The van der Waals surface area contributed by atoms with Gasteiger partial charge in [0.25, 0.3) is 0 Å². The van der Waals surface area contributed by atoms with Crippen LogP contribution < -0.4 is 9.64 Å². The Hall–Kier alpha value is -7.40. The third-order valence-electron chi connectivity index (χ3n) is 11.6. The molecule has 1 aliphatic heterocycles. The van der Waals surface area contributed by atoms with Gasteiger partial charge in [0, 0.05) is 37.6 Å². The summed E-state index contributed by atoms with van der Waals surface area (Å²) in [6.45, 7) is 0. The molecule has 0 bridgehead atoms. The molecule has 11 aromatic rings. The number of benzene rings is 9. The van der Waals surface area contributed by atoms with E-state index in [1.165, 1.54) is 58.7 Å². The average Bonchev–Trinajstić information content (AvgIpc) is 3.85. The first kappa shape index (κ1) is 32.8. The molecule has 1 aliphatic rings. The molecule has 0 saturated carbocycles. The number of thiophene rings is 1. The molecule has 0 unspecified atom stereocenters. The van der Waals surface area contributed by atoms with Crippen LogP contribution in [-0.4, -0.2) is 4.57 Å². The molecule has 272 valence electrons. The maximum atomic E-state index is 6.63. The lowest BCUT2D eigenvalue weighted by molar-refractivity contribution is 0.476. The number of para-hydroxylation sites is 2. The summed E-state index contributed by atoms with van der Waals surface area (Å²) in [4.78, 5) is 2.41. The van der Waals surface area contributed by atoms with E-state index in [9.17, 15) is 0 Å². The van der Waals surface area contributed by atoms with Crippen LogP contribution in [0.2, 0.25) is 0 Å². The lowest BCUT2D eigenvalue weighted by Gasteiger charge is -2.26. The Bertz CT molecular complexity index is 3350. The molecule has 0 amide bonds. The van der Waals surface area contributed by atoms with E-state index in [0.29, 0.717) is 0 Å². The molecular weight excluding hydrogens is 725 g/mol. The van der Waals surface area contributed by atoms with E-state index in [0.717, 1.165) is 50.9 Å². The van der Waals surface area contributed by atoms with Crippen molar-refractivity contribution < 1.29 is 4.74 Å². The van der Waals surface area contributed by atoms with Crippen molar-refractivity contribution in [2.45, 2.75) is 0 Å². The SMILES string of the molecule is c1ccc(-c2ccc(N(c3ccc(-c4ccc5c(c4)Oc4cccc6c7ccccc7n-5c46)cc3)c3cccc4c3sc3c(-c5ccccc5)cccc34)cc2)cc1. The van der Waals surface area contributed by atoms with Crippen LogP contribution in [0.1, 0.15) is 0 Å². The van der Waals surface area contributed by atoms with Gasteiger partial charge < -0.3 is 14.2 Å². The van der Waals surface area contributed by atoms with Gasteiger partial charge in [-0.3, -0.25) is 0 Å². The first-order chi connectivity index (χ1) is 28.8. The monoisotopic (exact) mass is 758 g/mol. The van der Waals surface area contributed by atoms with Crippen LogP contribution in [-0.2, 0) is 0 Å². The molecule has 4 heteroatoms. The number of fused-ring (bicyclic) bond motifs is 8. The maximum absolute atomic E-state index is 6.63. The van der Waals surface area contributed by atoms with Crippen LogP contribution in [0.3, 0.4) is 0 Å². The summed E-state index contributed by atoms with van der Waals surface area (Å²) < 4.78 is 11.5. The van der Waals surface area contributed by atoms with Crippen molar-refractivity contribution >= 4 is 70.4 Å². The number of hydrogen-bond acceptors (Lipinski definition) is 3. The first-order valence-corrected chi connectivity index (χ1v) is 20.5. The first-order valence-electron chi connectivity index (χ1n) is 19.7. The van der Waals surface area contributed by atoms with Gasteiger partial charge in [0.2, 0.25) is 0 Å². The summed E-state index contributed by atoms with van der Waals surface area (Å²) in [6, 6.07) is 74.3. The van der Waals surface area contributed by atoms with Crippen LogP contribution in [0.5, 0.6) is 11.5 Å². The molecule has 3 heterocycles. The second kappa shape index (κ2) is 13.1. The molecule has 0 atom stereocenters. The molecule has 0 fully saturated rings. The summed E-state index contributed by atoms with van der Waals surface area (Å²) in [6.07, 6.45) is 0. The number of ether oxygens (including phenoxy) is 1. The summed E-state index contributed by atoms with van der Waals surface area (Å²) in [7, 11) is 0. The van der Waals surface area contributed by atoms with E-state index in [2.05, 4.69) is 216 Å². The van der Waals surface area contributed by atoms with Crippen molar-refractivity contribution in [1.29, 1.82) is 0 Å². The summed E-state index contributed by atoms with van der Waals surface area (Å²) in [5.41, 5.74) is 13.8. The zero-order valence-electron chi connectivity index (χ0n) is 31.3. The third-order valence-corrected chi connectivity index (χ3v) is 12.9. The molecule has 0 aliphatic carbocycles. The number of anilines is 3. The van der Waals surface area contributed by atoms with E-state index in [1.54, 1.807) is 0 Å². The number of hydrogen-bond donors (Lipinski definition) is 0. The van der Waals surface area contributed by atoms with E-state index in [1.807, 2.05) is 11.3 Å². The fourth-order valence-electron chi connectivity index (χ4n) is 8.89. The van der Waals surface area contributed by atoms with Crippen LogP contribution in [0.4, 0.5) is 17.1 Å². The van der Waals surface area contributed by atoms with Gasteiger partial charge in [0.1, 0.15) is 0 Å². The normalized spacial score (nSPS) is 11.9. The van der Waals surface area contributed by atoms with Gasteiger partial charge in [-0.2, -0.15) is 0 Å². The fraction of sp³-hybridized carbons (Fsp3) is 0. The second-order valence-corrected chi connectivity index (χ2v) is 15.9. The molecule has 0 spiro atoms. The largest absolute Gasteiger partial charge is 0.453 e. The lowest BCUT2D eigenvalue weighted by atomic mass is 10.0. The molecule has 2 aromatic heterocycles. The highest BCUT2D eigenvalue weighted by molar-refractivity contribution is 7.27. The average molecular weight is 759 g/mol. The minimum Gasteiger partial charge on any atom is -0.453 e. The van der Waals surface area contributed by atoms with E-state index >= 15 is 0 Å². The van der Waals surface area contributed by atoms with Crippen molar-refractivity contribution in [3.63, 3.8) is 0 Å². The van der Waals surface area contributed by atoms with E-state index < -0.39 is 0 Å². The van der Waals surface area contributed by atoms with Gasteiger partial charge in [-0.15, -0.1) is 11.3 Å². The fourth-order valence-corrected chi connectivity index (χ4v) is 10.2. The molecule has 0 radical (unpaired) electrons. The molecule has 58 heavy (non-hydrogen) atoms. The molecule has 3 nitrogen and oxygen atoms in total. The Labute approximate surface area is 339 Å². The third kappa shape index (κ3) is 5.12. The van der Waals surface area contributed by atoms with E-state index in [-0.39, 0.29) is 0 Å². The second-order valence-electron chi connectivity index (χ2n) is 14.9. The zero-order chi connectivity index (χ0) is 38.2. The zero-order valence-corrected chi connectivity index (χ0v) is 32.2. The van der Waals surface area contributed by atoms with Crippen LogP contribution in [0.15, 0.2) is 206 Å². The van der Waals surface area contributed by atoms with Gasteiger partial charge in [-0.05, 0) is 88.0 Å². The van der Waals surface area contributed by atoms with Gasteiger partial charge in [-0.25, -0.2) is 0 Å². The van der Waals surface area contributed by atoms with Crippen molar-refractivity contribution in [3.8, 4) is 50.6 Å².